The van der Waals surface area contributed by atoms with Gasteiger partial charge in [-0.2, -0.15) is 0 Å². The van der Waals surface area contributed by atoms with Gasteiger partial charge in [-0.25, -0.2) is 4.98 Å². The molecule has 2 N–H and O–H groups in total. The lowest BCUT2D eigenvalue weighted by Gasteiger charge is -2.17. The highest BCUT2D eigenvalue weighted by molar-refractivity contribution is 5.19. The fourth-order valence-corrected chi connectivity index (χ4v) is 1.74. The zero-order valence-electron chi connectivity index (χ0n) is 9.89. The minimum atomic E-state index is 0.199. The van der Waals surface area contributed by atoms with Crippen molar-refractivity contribution in [3.05, 3.63) is 54.1 Å². The van der Waals surface area contributed by atoms with Crippen LogP contribution < -0.4 is 5.32 Å². The molecule has 0 aliphatic heterocycles. The molecule has 0 radical (unpaired) electrons. The summed E-state index contributed by atoms with van der Waals surface area (Å²) in [6.07, 6.45) is 3.51. The molecule has 0 aliphatic rings. The standard InChI is InChI=1S/C13H17N3O/c1-17-9-13(11-5-3-2-4-6-11)15-8-12-7-14-10-16-12/h2-7,10,13,15H,8-9H2,1H3,(H,14,16). The third kappa shape index (κ3) is 3.41. The van der Waals surface area contributed by atoms with E-state index in [0.29, 0.717) is 6.61 Å². The highest BCUT2D eigenvalue weighted by atomic mass is 16.5. The van der Waals surface area contributed by atoms with Crippen LogP contribution in [0.5, 0.6) is 0 Å². The van der Waals surface area contributed by atoms with Gasteiger partial charge in [0.25, 0.3) is 0 Å². The minimum Gasteiger partial charge on any atom is -0.383 e. The monoisotopic (exact) mass is 231 g/mol. The van der Waals surface area contributed by atoms with E-state index in [1.165, 1.54) is 5.56 Å². The lowest BCUT2D eigenvalue weighted by Crippen LogP contribution is -2.24. The van der Waals surface area contributed by atoms with Crippen molar-refractivity contribution in [2.45, 2.75) is 12.6 Å². The van der Waals surface area contributed by atoms with Crippen LogP contribution in [-0.2, 0) is 11.3 Å². The number of nitrogens with one attached hydrogen (secondary N) is 2. The van der Waals surface area contributed by atoms with E-state index in [0.717, 1.165) is 12.2 Å². The summed E-state index contributed by atoms with van der Waals surface area (Å²) in [4.78, 5) is 7.06. The molecule has 17 heavy (non-hydrogen) atoms. The molecule has 90 valence electrons. The second-order valence-electron chi connectivity index (χ2n) is 3.88. The quantitative estimate of drug-likeness (QED) is 0.798. The van der Waals surface area contributed by atoms with Gasteiger partial charge < -0.3 is 15.0 Å². The first-order valence-electron chi connectivity index (χ1n) is 5.64. The molecule has 0 aliphatic carbocycles. The summed E-state index contributed by atoms with van der Waals surface area (Å²) in [5.41, 5.74) is 2.30. The maximum atomic E-state index is 5.24. The number of H-pyrrole nitrogens is 1. The van der Waals surface area contributed by atoms with Crippen LogP contribution in [0.1, 0.15) is 17.3 Å². The van der Waals surface area contributed by atoms with Gasteiger partial charge in [0, 0.05) is 25.5 Å². The normalized spacial score (nSPS) is 12.5. The molecule has 1 unspecified atom stereocenters. The van der Waals surface area contributed by atoms with Crippen LogP contribution in [0.25, 0.3) is 0 Å². The Morgan fingerprint density at radius 2 is 2.18 bits per heavy atom. The van der Waals surface area contributed by atoms with E-state index in [-0.39, 0.29) is 6.04 Å². The molecule has 4 heteroatoms. The van der Waals surface area contributed by atoms with Crippen LogP contribution in [0.3, 0.4) is 0 Å². The molecule has 0 bridgehead atoms. The topological polar surface area (TPSA) is 49.9 Å². The first-order chi connectivity index (χ1) is 8.40. The number of methoxy groups -OCH3 is 1. The zero-order chi connectivity index (χ0) is 11.9. The van der Waals surface area contributed by atoms with E-state index in [2.05, 4.69) is 27.4 Å². The van der Waals surface area contributed by atoms with Crippen molar-refractivity contribution >= 4 is 0 Å². The van der Waals surface area contributed by atoms with E-state index in [1.807, 2.05) is 24.4 Å². The van der Waals surface area contributed by atoms with Crippen molar-refractivity contribution in [1.29, 1.82) is 0 Å². The van der Waals surface area contributed by atoms with Crippen LogP contribution in [0.2, 0.25) is 0 Å². The molecule has 0 amide bonds. The molecule has 0 spiro atoms. The molecule has 1 atom stereocenters. The van der Waals surface area contributed by atoms with Crippen molar-refractivity contribution in [3.8, 4) is 0 Å². The lowest BCUT2D eigenvalue weighted by molar-refractivity contribution is 0.166. The molecule has 2 rings (SSSR count). The summed E-state index contributed by atoms with van der Waals surface area (Å²) >= 11 is 0. The Kier molecular flexibility index (Phi) is 4.30. The number of hydrogen-bond acceptors (Lipinski definition) is 3. The molecule has 1 heterocycles. The molecule has 0 saturated carbocycles. The number of rotatable bonds is 6. The van der Waals surface area contributed by atoms with E-state index < -0.39 is 0 Å². The summed E-state index contributed by atoms with van der Waals surface area (Å²) in [5.74, 6) is 0. The summed E-state index contributed by atoms with van der Waals surface area (Å²) in [5, 5.41) is 3.44. The van der Waals surface area contributed by atoms with E-state index >= 15 is 0 Å². The molecular weight excluding hydrogens is 214 g/mol. The highest BCUT2D eigenvalue weighted by Gasteiger charge is 2.10. The van der Waals surface area contributed by atoms with Gasteiger partial charge in [0.1, 0.15) is 0 Å². The van der Waals surface area contributed by atoms with Gasteiger partial charge >= 0.3 is 0 Å². The van der Waals surface area contributed by atoms with Crippen molar-refractivity contribution in [2.75, 3.05) is 13.7 Å². The fraction of sp³-hybridized carbons (Fsp3) is 0.308. The predicted molar refractivity (Wildman–Crippen MR) is 66.5 cm³/mol. The largest absolute Gasteiger partial charge is 0.383 e. The summed E-state index contributed by atoms with van der Waals surface area (Å²) in [7, 11) is 1.72. The number of imidazole rings is 1. The van der Waals surface area contributed by atoms with Crippen LogP contribution in [0, 0.1) is 0 Å². The Bertz CT molecular complexity index is 413. The molecule has 0 fully saturated rings. The Balaban J connectivity index is 1.98. The van der Waals surface area contributed by atoms with Crippen molar-refractivity contribution in [1.82, 2.24) is 15.3 Å². The number of nitrogens with zero attached hydrogens (tertiary/aromatic N) is 1. The molecule has 2 aromatic rings. The zero-order valence-corrected chi connectivity index (χ0v) is 9.89. The van der Waals surface area contributed by atoms with Crippen molar-refractivity contribution in [3.63, 3.8) is 0 Å². The molecule has 1 aromatic carbocycles. The number of aromatic amines is 1. The predicted octanol–water partition coefficient (Wildman–Crippen LogP) is 1.89. The van der Waals surface area contributed by atoms with Gasteiger partial charge in [0.15, 0.2) is 0 Å². The Labute approximate surface area is 101 Å². The van der Waals surface area contributed by atoms with E-state index in [9.17, 15) is 0 Å². The average molecular weight is 231 g/mol. The molecule has 0 saturated heterocycles. The van der Waals surface area contributed by atoms with E-state index in [1.54, 1.807) is 13.4 Å². The first kappa shape index (κ1) is 11.8. The SMILES string of the molecule is COCC(NCc1cnc[nH]1)c1ccccc1. The minimum absolute atomic E-state index is 0.199. The first-order valence-corrected chi connectivity index (χ1v) is 5.64. The van der Waals surface area contributed by atoms with Gasteiger partial charge in [-0.3, -0.25) is 0 Å². The van der Waals surface area contributed by atoms with Crippen LogP contribution in [0.4, 0.5) is 0 Å². The second-order valence-corrected chi connectivity index (χ2v) is 3.88. The summed E-state index contributed by atoms with van der Waals surface area (Å²) < 4.78 is 5.24. The van der Waals surface area contributed by atoms with Gasteiger partial charge in [0.2, 0.25) is 0 Å². The molecule has 1 aromatic heterocycles. The fourth-order valence-electron chi connectivity index (χ4n) is 1.74. The number of benzene rings is 1. The number of ether oxygens (including phenoxy) is 1. The summed E-state index contributed by atoms with van der Waals surface area (Å²) in [6, 6.07) is 10.5. The smallest absolute Gasteiger partial charge is 0.0922 e. The maximum Gasteiger partial charge on any atom is 0.0922 e. The number of hydrogen-bond donors (Lipinski definition) is 2. The summed E-state index contributed by atoms with van der Waals surface area (Å²) in [6.45, 7) is 1.40. The average Bonchev–Trinajstić information content (AvgIpc) is 2.88. The maximum absolute atomic E-state index is 5.24. The Hall–Kier alpha value is -1.65. The van der Waals surface area contributed by atoms with Crippen LogP contribution in [-0.4, -0.2) is 23.7 Å². The highest BCUT2D eigenvalue weighted by Crippen LogP contribution is 2.13. The lowest BCUT2D eigenvalue weighted by atomic mass is 10.1. The van der Waals surface area contributed by atoms with Crippen LogP contribution >= 0.6 is 0 Å². The third-order valence-corrected chi connectivity index (χ3v) is 2.63. The second kappa shape index (κ2) is 6.18. The van der Waals surface area contributed by atoms with Crippen molar-refractivity contribution < 1.29 is 4.74 Å². The van der Waals surface area contributed by atoms with Gasteiger partial charge in [0.05, 0.1) is 19.0 Å². The van der Waals surface area contributed by atoms with Crippen molar-refractivity contribution in [2.24, 2.45) is 0 Å². The van der Waals surface area contributed by atoms with Gasteiger partial charge in [-0.05, 0) is 5.56 Å². The van der Waals surface area contributed by atoms with Gasteiger partial charge in [-0.15, -0.1) is 0 Å². The molecule has 4 nitrogen and oxygen atoms in total. The van der Waals surface area contributed by atoms with Gasteiger partial charge in [-0.1, -0.05) is 30.3 Å². The Morgan fingerprint density at radius 3 is 2.82 bits per heavy atom. The number of aromatic nitrogens is 2. The van der Waals surface area contributed by atoms with E-state index in [4.69, 9.17) is 4.74 Å². The molecular formula is C13H17N3O. The third-order valence-electron chi connectivity index (χ3n) is 2.63. The Morgan fingerprint density at radius 1 is 1.35 bits per heavy atom. The van der Waals surface area contributed by atoms with Crippen LogP contribution in [0.15, 0.2) is 42.9 Å².